The molecule has 0 radical (unpaired) electrons. The van der Waals surface area contributed by atoms with Crippen LogP contribution in [0.2, 0.25) is 0 Å². The van der Waals surface area contributed by atoms with Gasteiger partial charge in [0.25, 0.3) is 0 Å². The fourth-order valence-corrected chi connectivity index (χ4v) is 2.97. The zero-order valence-electron chi connectivity index (χ0n) is 14.8. The highest BCUT2D eigenvalue weighted by Gasteiger charge is 2.17. The van der Waals surface area contributed by atoms with Gasteiger partial charge in [-0.05, 0) is 18.6 Å². The molecule has 0 atom stereocenters. The molecule has 0 saturated heterocycles. The molecule has 130 valence electrons. The first-order chi connectivity index (χ1) is 12.6. The minimum atomic E-state index is 0.538. The Hall–Kier alpha value is -3.41. The lowest BCUT2D eigenvalue weighted by Crippen LogP contribution is -2.05. The summed E-state index contributed by atoms with van der Waals surface area (Å²) in [5.74, 6) is 1.10. The minimum Gasteiger partial charge on any atom is -0.383 e. The number of benzene rings is 2. The third kappa shape index (κ3) is 2.97. The average Bonchev–Trinajstić information content (AvgIpc) is 2.94. The van der Waals surface area contributed by atoms with Gasteiger partial charge >= 0.3 is 0 Å². The van der Waals surface area contributed by atoms with Crippen molar-refractivity contribution in [3.8, 4) is 11.3 Å². The number of aryl methyl sites for hydroxylation is 2. The van der Waals surface area contributed by atoms with Gasteiger partial charge in [0.15, 0.2) is 5.65 Å². The van der Waals surface area contributed by atoms with Crippen molar-refractivity contribution in [3.63, 3.8) is 0 Å². The van der Waals surface area contributed by atoms with Crippen LogP contribution in [0.1, 0.15) is 11.1 Å². The van der Waals surface area contributed by atoms with Crippen molar-refractivity contribution in [2.45, 2.75) is 13.5 Å². The van der Waals surface area contributed by atoms with E-state index in [0.29, 0.717) is 24.0 Å². The number of anilines is 2. The maximum atomic E-state index is 6.23. The van der Waals surface area contributed by atoms with E-state index in [9.17, 15) is 0 Å². The molecule has 0 saturated carbocycles. The lowest BCUT2D eigenvalue weighted by molar-refractivity contribution is 0.787. The molecule has 0 fully saturated rings. The molecule has 4 rings (SSSR count). The normalized spacial score (nSPS) is 11.0. The molecule has 2 heterocycles. The fraction of sp³-hybridized carbons (Fsp3) is 0.150. The van der Waals surface area contributed by atoms with E-state index in [4.69, 9.17) is 10.7 Å². The van der Waals surface area contributed by atoms with Gasteiger partial charge in [-0.3, -0.25) is 4.68 Å². The molecule has 4 aromatic rings. The SMILES string of the molecule is Cc1cccc(-c2nc(NCc3ccccc3)nc3nn(C)c(N)c23)c1. The van der Waals surface area contributed by atoms with Gasteiger partial charge in [-0.2, -0.15) is 10.1 Å². The van der Waals surface area contributed by atoms with Crippen molar-refractivity contribution in [2.24, 2.45) is 7.05 Å². The standard InChI is InChI=1S/C20H20N6/c1-13-7-6-10-15(11-13)17-16-18(21)26(2)25-19(16)24-20(23-17)22-12-14-8-4-3-5-9-14/h3-11H,12,21H2,1-2H3,(H,22,24,25). The second kappa shape index (κ2) is 6.48. The smallest absolute Gasteiger partial charge is 0.225 e. The van der Waals surface area contributed by atoms with Gasteiger partial charge in [-0.15, -0.1) is 0 Å². The van der Waals surface area contributed by atoms with Crippen LogP contribution in [0.5, 0.6) is 0 Å². The topological polar surface area (TPSA) is 81.7 Å². The molecular weight excluding hydrogens is 324 g/mol. The van der Waals surface area contributed by atoms with E-state index in [1.165, 1.54) is 0 Å². The number of nitrogens with two attached hydrogens (primary N) is 1. The van der Waals surface area contributed by atoms with Gasteiger partial charge in [0.2, 0.25) is 5.95 Å². The number of hydrogen-bond acceptors (Lipinski definition) is 5. The number of fused-ring (bicyclic) bond motifs is 1. The highest BCUT2D eigenvalue weighted by molar-refractivity contribution is 5.98. The monoisotopic (exact) mass is 344 g/mol. The fourth-order valence-electron chi connectivity index (χ4n) is 2.97. The number of nitrogens with one attached hydrogen (secondary N) is 1. The third-order valence-corrected chi connectivity index (χ3v) is 4.32. The van der Waals surface area contributed by atoms with Crippen LogP contribution in [-0.4, -0.2) is 19.7 Å². The van der Waals surface area contributed by atoms with Crippen molar-refractivity contribution in [1.29, 1.82) is 0 Å². The maximum Gasteiger partial charge on any atom is 0.225 e. The van der Waals surface area contributed by atoms with Gasteiger partial charge in [0.05, 0.1) is 11.1 Å². The van der Waals surface area contributed by atoms with E-state index in [1.807, 2.05) is 37.4 Å². The molecular formula is C20H20N6. The Morgan fingerprint density at radius 1 is 1.04 bits per heavy atom. The van der Waals surface area contributed by atoms with Gasteiger partial charge in [-0.1, -0.05) is 54.1 Å². The summed E-state index contributed by atoms with van der Waals surface area (Å²) in [7, 11) is 1.81. The van der Waals surface area contributed by atoms with Crippen LogP contribution < -0.4 is 11.1 Å². The highest BCUT2D eigenvalue weighted by Crippen LogP contribution is 2.31. The summed E-state index contributed by atoms with van der Waals surface area (Å²) in [5.41, 5.74) is 10.9. The van der Waals surface area contributed by atoms with Crippen LogP contribution in [0.4, 0.5) is 11.8 Å². The molecule has 26 heavy (non-hydrogen) atoms. The van der Waals surface area contributed by atoms with Crippen LogP contribution in [0.15, 0.2) is 54.6 Å². The lowest BCUT2D eigenvalue weighted by Gasteiger charge is -2.09. The van der Waals surface area contributed by atoms with Crippen molar-refractivity contribution in [2.75, 3.05) is 11.1 Å². The first-order valence-electron chi connectivity index (χ1n) is 8.47. The predicted molar refractivity (Wildman–Crippen MR) is 105 cm³/mol. The zero-order chi connectivity index (χ0) is 18.1. The molecule has 6 heteroatoms. The van der Waals surface area contributed by atoms with Gasteiger partial charge < -0.3 is 11.1 Å². The summed E-state index contributed by atoms with van der Waals surface area (Å²) in [6.07, 6.45) is 0. The number of nitrogen functional groups attached to an aromatic ring is 1. The van der Waals surface area contributed by atoms with Gasteiger partial charge in [0.1, 0.15) is 5.82 Å². The first-order valence-corrected chi connectivity index (χ1v) is 8.47. The Labute approximate surface area is 151 Å². The van der Waals surface area contributed by atoms with Crippen LogP contribution in [0, 0.1) is 6.92 Å². The number of hydrogen-bond donors (Lipinski definition) is 2. The van der Waals surface area contributed by atoms with Crippen molar-refractivity contribution in [1.82, 2.24) is 19.7 Å². The molecule has 2 aromatic carbocycles. The lowest BCUT2D eigenvalue weighted by atomic mass is 10.1. The summed E-state index contributed by atoms with van der Waals surface area (Å²) >= 11 is 0. The van der Waals surface area contributed by atoms with Crippen LogP contribution in [0.25, 0.3) is 22.3 Å². The van der Waals surface area contributed by atoms with Crippen molar-refractivity contribution >= 4 is 22.8 Å². The average molecular weight is 344 g/mol. The predicted octanol–water partition coefficient (Wildman–Crippen LogP) is 3.53. The van der Waals surface area contributed by atoms with Gasteiger partial charge in [0, 0.05) is 19.2 Å². The van der Waals surface area contributed by atoms with Crippen LogP contribution in [0.3, 0.4) is 0 Å². The van der Waals surface area contributed by atoms with E-state index in [2.05, 4.69) is 46.6 Å². The van der Waals surface area contributed by atoms with E-state index in [-0.39, 0.29) is 0 Å². The molecule has 6 nitrogen and oxygen atoms in total. The summed E-state index contributed by atoms with van der Waals surface area (Å²) in [4.78, 5) is 9.29. The first kappa shape index (κ1) is 16.1. The Morgan fingerprint density at radius 2 is 1.85 bits per heavy atom. The summed E-state index contributed by atoms with van der Waals surface area (Å²) < 4.78 is 1.64. The third-order valence-electron chi connectivity index (χ3n) is 4.32. The van der Waals surface area contributed by atoms with Crippen LogP contribution >= 0.6 is 0 Å². The highest BCUT2D eigenvalue weighted by atomic mass is 15.3. The molecule has 0 aliphatic rings. The molecule has 0 spiro atoms. The Balaban J connectivity index is 1.80. The van der Waals surface area contributed by atoms with Gasteiger partial charge in [-0.25, -0.2) is 4.98 Å². The second-order valence-corrected chi connectivity index (χ2v) is 6.31. The number of aromatic nitrogens is 4. The molecule has 3 N–H and O–H groups in total. The quantitative estimate of drug-likeness (QED) is 0.592. The molecule has 2 aromatic heterocycles. The second-order valence-electron chi connectivity index (χ2n) is 6.31. The Bertz CT molecular complexity index is 1070. The number of nitrogens with zero attached hydrogens (tertiary/aromatic N) is 4. The number of rotatable bonds is 4. The van der Waals surface area contributed by atoms with E-state index >= 15 is 0 Å². The Morgan fingerprint density at radius 3 is 2.62 bits per heavy atom. The van der Waals surface area contributed by atoms with Crippen LogP contribution in [-0.2, 0) is 13.6 Å². The Kier molecular flexibility index (Phi) is 4.01. The molecule has 0 aliphatic heterocycles. The minimum absolute atomic E-state index is 0.538. The van der Waals surface area contributed by atoms with E-state index in [1.54, 1.807) is 4.68 Å². The molecule has 0 amide bonds. The molecule has 0 unspecified atom stereocenters. The molecule has 0 bridgehead atoms. The molecule has 0 aliphatic carbocycles. The largest absolute Gasteiger partial charge is 0.383 e. The summed E-state index contributed by atoms with van der Waals surface area (Å²) in [5, 5.41) is 8.51. The maximum absolute atomic E-state index is 6.23. The summed E-state index contributed by atoms with van der Waals surface area (Å²) in [6, 6.07) is 18.3. The zero-order valence-corrected chi connectivity index (χ0v) is 14.8. The van der Waals surface area contributed by atoms with Crippen molar-refractivity contribution in [3.05, 3.63) is 65.7 Å². The van der Waals surface area contributed by atoms with E-state index < -0.39 is 0 Å². The summed E-state index contributed by atoms with van der Waals surface area (Å²) in [6.45, 7) is 2.70. The van der Waals surface area contributed by atoms with E-state index in [0.717, 1.165) is 27.8 Å². The van der Waals surface area contributed by atoms with Crippen molar-refractivity contribution < 1.29 is 0 Å².